The van der Waals surface area contributed by atoms with Crippen LogP contribution in [0, 0.1) is 11.8 Å². The highest BCUT2D eigenvalue weighted by atomic mass is 32.2. The summed E-state index contributed by atoms with van der Waals surface area (Å²) < 4.78 is 2.45. The summed E-state index contributed by atoms with van der Waals surface area (Å²) in [6, 6.07) is 7.25. The maximum atomic E-state index is 4.62. The molecular formula is C17H24N2S2. The first-order valence-electron chi connectivity index (χ1n) is 7.88. The van der Waals surface area contributed by atoms with E-state index in [4.69, 9.17) is 0 Å². The predicted octanol–water partition coefficient (Wildman–Crippen LogP) is 5.64. The van der Waals surface area contributed by atoms with E-state index in [1.54, 1.807) is 23.1 Å². The van der Waals surface area contributed by atoms with Crippen molar-refractivity contribution in [2.45, 2.75) is 49.9 Å². The van der Waals surface area contributed by atoms with Crippen molar-refractivity contribution in [3.63, 3.8) is 0 Å². The van der Waals surface area contributed by atoms with Crippen LogP contribution in [0.4, 0.5) is 5.69 Å². The van der Waals surface area contributed by atoms with Gasteiger partial charge in [-0.15, -0.1) is 11.3 Å². The van der Waals surface area contributed by atoms with Crippen molar-refractivity contribution in [3.05, 3.63) is 18.2 Å². The van der Waals surface area contributed by atoms with Crippen molar-refractivity contribution in [1.82, 2.24) is 4.98 Å². The van der Waals surface area contributed by atoms with Crippen molar-refractivity contribution in [1.29, 1.82) is 0 Å². The maximum absolute atomic E-state index is 4.62. The Morgan fingerprint density at radius 3 is 2.86 bits per heavy atom. The first kappa shape index (κ1) is 15.2. The topological polar surface area (TPSA) is 24.9 Å². The van der Waals surface area contributed by atoms with Crippen LogP contribution < -0.4 is 5.32 Å². The van der Waals surface area contributed by atoms with Gasteiger partial charge in [-0.05, 0) is 49.1 Å². The lowest BCUT2D eigenvalue weighted by atomic mass is 9.78. The number of benzene rings is 1. The van der Waals surface area contributed by atoms with Crippen molar-refractivity contribution in [2.75, 3.05) is 11.6 Å². The maximum Gasteiger partial charge on any atom is 0.150 e. The van der Waals surface area contributed by atoms with Gasteiger partial charge in [0.25, 0.3) is 0 Å². The van der Waals surface area contributed by atoms with Crippen molar-refractivity contribution in [2.24, 2.45) is 11.8 Å². The molecule has 0 amide bonds. The summed E-state index contributed by atoms with van der Waals surface area (Å²) >= 11 is 3.52. The summed E-state index contributed by atoms with van der Waals surface area (Å²) in [6.07, 6.45) is 7.52. The third kappa shape index (κ3) is 3.37. The number of nitrogens with one attached hydrogen (secondary N) is 1. The van der Waals surface area contributed by atoms with Gasteiger partial charge in [0.2, 0.25) is 0 Å². The Labute approximate surface area is 135 Å². The zero-order chi connectivity index (χ0) is 14.8. The molecule has 4 heteroatoms. The van der Waals surface area contributed by atoms with E-state index in [1.807, 2.05) is 0 Å². The molecule has 2 aromatic rings. The van der Waals surface area contributed by atoms with Crippen molar-refractivity contribution >= 4 is 39.0 Å². The van der Waals surface area contributed by atoms with Gasteiger partial charge in [-0.25, -0.2) is 4.98 Å². The van der Waals surface area contributed by atoms with E-state index in [0.29, 0.717) is 6.04 Å². The van der Waals surface area contributed by atoms with Crippen LogP contribution in [-0.2, 0) is 0 Å². The fourth-order valence-electron chi connectivity index (χ4n) is 3.43. The molecule has 3 rings (SSSR count). The standard InChI is InChI=1S/C17H24N2S2/c1-11(2)13-6-4-5-7-14(13)18-12-8-9-15-16(10-12)21-17(19-15)20-3/h8-11,13-14,18H,4-7H2,1-3H3. The Balaban J connectivity index is 1.79. The summed E-state index contributed by atoms with van der Waals surface area (Å²) in [5.41, 5.74) is 2.38. The summed E-state index contributed by atoms with van der Waals surface area (Å²) in [5, 5.41) is 3.80. The lowest BCUT2D eigenvalue weighted by Gasteiger charge is -2.35. The second-order valence-electron chi connectivity index (χ2n) is 6.31. The minimum Gasteiger partial charge on any atom is -0.382 e. The van der Waals surface area contributed by atoms with Gasteiger partial charge in [-0.2, -0.15) is 0 Å². The molecule has 114 valence electrons. The first-order valence-corrected chi connectivity index (χ1v) is 9.92. The normalized spacial score (nSPS) is 22.9. The molecule has 0 bridgehead atoms. The highest BCUT2D eigenvalue weighted by molar-refractivity contribution is 8.00. The van der Waals surface area contributed by atoms with Crippen LogP contribution in [0.15, 0.2) is 22.5 Å². The molecule has 1 saturated carbocycles. The molecule has 1 N–H and O–H groups in total. The summed E-state index contributed by atoms with van der Waals surface area (Å²) in [4.78, 5) is 4.62. The molecule has 0 aliphatic heterocycles. The van der Waals surface area contributed by atoms with Crippen LogP contribution in [0.25, 0.3) is 10.2 Å². The zero-order valence-corrected chi connectivity index (χ0v) is 14.7. The lowest BCUT2D eigenvalue weighted by molar-refractivity contribution is 0.254. The molecule has 2 nitrogen and oxygen atoms in total. The van der Waals surface area contributed by atoms with Crippen LogP contribution in [-0.4, -0.2) is 17.3 Å². The highest BCUT2D eigenvalue weighted by Crippen LogP contribution is 2.34. The molecule has 1 aliphatic rings. The minimum absolute atomic E-state index is 0.629. The monoisotopic (exact) mass is 320 g/mol. The van der Waals surface area contributed by atoms with Gasteiger partial charge in [0, 0.05) is 11.7 Å². The molecule has 0 spiro atoms. The third-order valence-electron chi connectivity index (χ3n) is 4.57. The van der Waals surface area contributed by atoms with Gasteiger partial charge < -0.3 is 5.32 Å². The molecular weight excluding hydrogens is 296 g/mol. The number of hydrogen-bond acceptors (Lipinski definition) is 4. The number of nitrogens with zero attached hydrogens (tertiary/aromatic N) is 1. The fourth-order valence-corrected chi connectivity index (χ4v) is 4.96. The van der Waals surface area contributed by atoms with Gasteiger partial charge in [0.1, 0.15) is 0 Å². The highest BCUT2D eigenvalue weighted by Gasteiger charge is 2.27. The van der Waals surface area contributed by atoms with Gasteiger partial charge in [-0.3, -0.25) is 0 Å². The lowest BCUT2D eigenvalue weighted by Crippen LogP contribution is -2.35. The van der Waals surface area contributed by atoms with Gasteiger partial charge >= 0.3 is 0 Å². The molecule has 2 atom stereocenters. The Morgan fingerprint density at radius 1 is 1.29 bits per heavy atom. The van der Waals surface area contributed by atoms with Crippen LogP contribution in [0.1, 0.15) is 39.5 Å². The Morgan fingerprint density at radius 2 is 2.10 bits per heavy atom. The largest absolute Gasteiger partial charge is 0.382 e. The van der Waals surface area contributed by atoms with E-state index < -0.39 is 0 Å². The number of thioether (sulfide) groups is 1. The molecule has 0 saturated heterocycles. The Bertz CT molecular complexity index is 606. The van der Waals surface area contributed by atoms with Gasteiger partial charge in [0.15, 0.2) is 4.34 Å². The molecule has 0 radical (unpaired) electrons. The first-order chi connectivity index (χ1) is 10.2. The average molecular weight is 321 g/mol. The number of rotatable bonds is 4. The third-order valence-corrected chi connectivity index (χ3v) is 6.57. The van der Waals surface area contributed by atoms with E-state index in [0.717, 1.165) is 21.7 Å². The molecule has 1 aliphatic carbocycles. The predicted molar refractivity (Wildman–Crippen MR) is 95.6 cm³/mol. The van der Waals surface area contributed by atoms with Crippen LogP contribution in [0.3, 0.4) is 0 Å². The molecule has 1 aromatic heterocycles. The second kappa shape index (κ2) is 6.57. The molecule has 1 aromatic carbocycles. The van der Waals surface area contributed by atoms with Gasteiger partial charge in [0.05, 0.1) is 10.2 Å². The fraction of sp³-hybridized carbons (Fsp3) is 0.588. The minimum atomic E-state index is 0.629. The van der Waals surface area contributed by atoms with Crippen LogP contribution in [0.5, 0.6) is 0 Å². The number of thiazole rings is 1. The number of anilines is 1. The average Bonchev–Trinajstić information content (AvgIpc) is 2.90. The summed E-state index contributed by atoms with van der Waals surface area (Å²) in [7, 11) is 0. The molecule has 1 heterocycles. The van der Waals surface area contributed by atoms with Crippen molar-refractivity contribution < 1.29 is 0 Å². The summed E-state index contributed by atoms with van der Waals surface area (Å²) in [6.45, 7) is 4.73. The van der Waals surface area contributed by atoms with E-state index in [9.17, 15) is 0 Å². The molecule has 2 unspecified atom stereocenters. The Kier molecular flexibility index (Phi) is 4.75. The smallest absolute Gasteiger partial charge is 0.150 e. The molecule has 21 heavy (non-hydrogen) atoms. The number of fused-ring (bicyclic) bond motifs is 1. The zero-order valence-electron chi connectivity index (χ0n) is 13.1. The van der Waals surface area contributed by atoms with E-state index in [-0.39, 0.29) is 0 Å². The SMILES string of the molecule is CSc1nc2ccc(NC3CCCCC3C(C)C)cc2s1. The van der Waals surface area contributed by atoms with Crippen molar-refractivity contribution in [3.8, 4) is 0 Å². The Hall–Kier alpha value is -0.740. The second-order valence-corrected chi connectivity index (χ2v) is 8.39. The van der Waals surface area contributed by atoms with E-state index in [1.165, 1.54) is 36.1 Å². The van der Waals surface area contributed by atoms with Gasteiger partial charge in [-0.1, -0.05) is 38.5 Å². The number of hydrogen-bond donors (Lipinski definition) is 1. The van der Waals surface area contributed by atoms with E-state index in [2.05, 4.69) is 48.6 Å². The molecule has 1 fully saturated rings. The van der Waals surface area contributed by atoms with Crippen LogP contribution in [0.2, 0.25) is 0 Å². The van der Waals surface area contributed by atoms with E-state index >= 15 is 0 Å². The quantitative estimate of drug-likeness (QED) is 0.737. The number of aromatic nitrogens is 1. The summed E-state index contributed by atoms with van der Waals surface area (Å²) in [5.74, 6) is 1.57. The van der Waals surface area contributed by atoms with Crippen LogP contribution >= 0.6 is 23.1 Å².